The number of phenolic OH excluding ortho intramolecular Hbond substituents is 1. The SMILES string of the molecule is CC(C)(C)c1cc(/C=C(\C#N)S(=O)(=O)c2cc(Cl)ccc2Cl)cc(C(C)(C)C)c1O. The molecule has 0 radical (unpaired) electrons. The number of allylic oxidation sites excluding steroid dienone is 1. The Kier molecular flexibility index (Phi) is 6.68. The van der Waals surface area contributed by atoms with Crippen LogP contribution in [0.25, 0.3) is 6.08 Å². The summed E-state index contributed by atoms with van der Waals surface area (Å²) in [7, 11) is -4.19. The van der Waals surface area contributed by atoms with Crippen molar-refractivity contribution in [2.45, 2.75) is 57.3 Å². The fourth-order valence-corrected chi connectivity index (χ4v) is 4.92. The first kappa shape index (κ1) is 24.3. The zero-order valence-electron chi connectivity index (χ0n) is 17.8. The number of nitriles is 1. The van der Waals surface area contributed by atoms with Crippen molar-refractivity contribution in [1.29, 1.82) is 5.26 Å². The minimum Gasteiger partial charge on any atom is -0.507 e. The number of hydrogen-bond acceptors (Lipinski definition) is 4. The topological polar surface area (TPSA) is 78.2 Å². The van der Waals surface area contributed by atoms with Crippen molar-refractivity contribution in [2.75, 3.05) is 0 Å². The van der Waals surface area contributed by atoms with Crippen molar-refractivity contribution in [2.24, 2.45) is 0 Å². The van der Waals surface area contributed by atoms with Gasteiger partial charge in [0.2, 0.25) is 9.84 Å². The van der Waals surface area contributed by atoms with Gasteiger partial charge in [0, 0.05) is 16.1 Å². The quantitative estimate of drug-likeness (QED) is 0.515. The molecule has 0 saturated carbocycles. The lowest BCUT2D eigenvalue weighted by molar-refractivity contribution is 0.423. The highest BCUT2D eigenvalue weighted by molar-refractivity contribution is 7.95. The molecule has 7 heteroatoms. The van der Waals surface area contributed by atoms with Crippen LogP contribution in [0.15, 0.2) is 40.1 Å². The second-order valence-corrected chi connectivity index (χ2v) is 11.9. The van der Waals surface area contributed by atoms with Gasteiger partial charge in [0.1, 0.15) is 16.7 Å². The molecule has 0 aliphatic carbocycles. The number of nitrogens with zero attached hydrogens (tertiary/aromatic N) is 1. The maximum absolute atomic E-state index is 13.1. The number of sulfone groups is 1. The Labute approximate surface area is 188 Å². The second kappa shape index (κ2) is 8.26. The molecule has 30 heavy (non-hydrogen) atoms. The van der Waals surface area contributed by atoms with E-state index in [2.05, 4.69) is 0 Å². The number of aromatic hydroxyl groups is 1. The highest BCUT2D eigenvalue weighted by Crippen LogP contribution is 2.40. The zero-order chi connectivity index (χ0) is 23.1. The first-order valence-electron chi connectivity index (χ1n) is 9.29. The van der Waals surface area contributed by atoms with Crippen LogP contribution in [0.5, 0.6) is 5.75 Å². The maximum Gasteiger partial charge on any atom is 0.218 e. The van der Waals surface area contributed by atoms with Crippen LogP contribution in [0.3, 0.4) is 0 Å². The number of benzene rings is 2. The standard InChI is InChI=1S/C23H25Cl2NO3S/c1-22(2,3)17-10-14(11-18(21(17)27)23(4,5)6)9-16(13-26)30(28,29)20-12-15(24)7-8-19(20)25/h7-12,27H,1-6H3/b16-9+. The molecule has 0 aromatic heterocycles. The Balaban J connectivity index is 2.79. The van der Waals surface area contributed by atoms with E-state index in [0.29, 0.717) is 16.7 Å². The molecule has 0 aliphatic heterocycles. The summed E-state index contributed by atoms with van der Waals surface area (Å²) < 4.78 is 26.2. The molecule has 4 nitrogen and oxygen atoms in total. The van der Waals surface area contributed by atoms with Crippen LogP contribution in [0.2, 0.25) is 10.0 Å². The van der Waals surface area contributed by atoms with E-state index in [1.54, 1.807) is 18.2 Å². The van der Waals surface area contributed by atoms with E-state index < -0.39 is 25.6 Å². The van der Waals surface area contributed by atoms with Gasteiger partial charge in [-0.2, -0.15) is 5.26 Å². The predicted molar refractivity (Wildman–Crippen MR) is 123 cm³/mol. The lowest BCUT2D eigenvalue weighted by atomic mass is 9.78. The molecule has 1 N–H and O–H groups in total. The third-order valence-corrected chi connectivity index (χ3v) is 7.01. The van der Waals surface area contributed by atoms with Gasteiger partial charge in [-0.05, 0) is 52.8 Å². The average Bonchev–Trinajstić information content (AvgIpc) is 2.60. The molecule has 2 aromatic carbocycles. The normalized spacial score (nSPS) is 13.2. The summed E-state index contributed by atoms with van der Waals surface area (Å²) in [6.07, 6.45) is 1.30. The minimum absolute atomic E-state index is 0.0167. The van der Waals surface area contributed by atoms with Crippen LogP contribution in [0, 0.1) is 11.3 Å². The van der Waals surface area contributed by atoms with Gasteiger partial charge in [-0.3, -0.25) is 0 Å². The Morgan fingerprint density at radius 2 is 1.50 bits per heavy atom. The second-order valence-electron chi connectivity index (χ2n) is 9.16. The summed E-state index contributed by atoms with van der Waals surface area (Å²) in [4.78, 5) is -0.688. The highest BCUT2D eigenvalue weighted by Gasteiger charge is 2.28. The summed E-state index contributed by atoms with van der Waals surface area (Å²) in [5.41, 5.74) is 1.04. The molecule has 0 amide bonds. The Morgan fingerprint density at radius 1 is 1.00 bits per heavy atom. The number of halogens is 2. The van der Waals surface area contributed by atoms with Gasteiger partial charge >= 0.3 is 0 Å². The van der Waals surface area contributed by atoms with Crippen LogP contribution in [0.1, 0.15) is 58.2 Å². The minimum atomic E-state index is -4.19. The average molecular weight is 466 g/mol. The molecule has 160 valence electrons. The van der Waals surface area contributed by atoms with Gasteiger partial charge in [-0.25, -0.2) is 8.42 Å². The van der Waals surface area contributed by atoms with Gasteiger partial charge in [0.25, 0.3) is 0 Å². The summed E-state index contributed by atoms with van der Waals surface area (Å²) in [6, 6.07) is 9.26. The first-order valence-corrected chi connectivity index (χ1v) is 11.5. The van der Waals surface area contributed by atoms with Crippen LogP contribution in [-0.2, 0) is 20.7 Å². The maximum atomic E-state index is 13.1. The van der Waals surface area contributed by atoms with E-state index in [0.717, 1.165) is 0 Å². The smallest absolute Gasteiger partial charge is 0.218 e. The zero-order valence-corrected chi connectivity index (χ0v) is 20.2. The van der Waals surface area contributed by atoms with Crippen molar-refractivity contribution in [3.8, 4) is 11.8 Å². The van der Waals surface area contributed by atoms with E-state index in [9.17, 15) is 18.8 Å². The molecule has 2 rings (SSSR count). The summed E-state index contributed by atoms with van der Waals surface area (Å²) in [5, 5.41) is 20.7. The molecule has 0 fully saturated rings. The molecule has 0 unspecified atom stereocenters. The fraction of sp³-hybridized carbons (Fsp3) is 0.348. The molecule has 2 aromatic rings. The predicted octanol–water partition coefficient (Wildman–Crippen LogP) is 6.63. The van der Waals surface area contributed by atoms with E-state index in [-0.39, 0.29) is 20.7 Å². The monoisotopic (exact) mass is 465 g/mol. The largest absolute Gasteiger partial charge is 0.507 e. The van der Waals surface area contributed by atoms with Gasteiger partial charge in [0.15, 0.2) is 0 Å². The Bertz CT molecular complexity index is 1130. The van der Waals surface area contributed by atoms with Crippen LogP contribution >= 0.6 is 23.2 Å². The van der Waals surface area contributed by atoms with Crippen molar-refractivity contribution in [3.63, 3.8) is 0 Å². The lowest BCUT2D eigenvalue weighted by Crippen LogP contribution is -2.17. The molecular formula is C23H25Cl2NO3S. The summed E-state index contributed by atoms with van der Waals surface area (Å²) in [6.45, 7) is 11.7. The van der Waals surface area contributed by atoms with Gasteiger partial charge in [-0.15, -0.1) is 0 Å². The summed E-state index contributed by atoms with van der Waals surface area (Å²) in [5.74, 6) is 0.173. The Hall–Kier alpha value is -2.00. The molecule has 0 saturated heterocycles. The molecule has 0 aliphatic rings. The van der Waals surface area contributed by atoms with Gasteiger partial charge in [-0.1, -0.05) is 64.7 Å². The van der Waals surface area contributed by atoms with E-state index in [1.807, 2.05) is 41.5 Å². The number of hydrogen-bond donors (Lipinski definition) is 1. The van der Waals surface area contributed by atoms with Gasteiger partial charge in [0.05, 0.1) is 9.92 Å². The molecule has 0 heterocycles. The third-order valence-electron chi connectivity index (χ3n) is 4.63. The van der Waals surface area contributed by atoms with Crippen LogP contribution < -0.4 is 0 Å². The molecule has 0 bridgehead atoms. The van der Waals surface area contributed by atoms with Crippen LogP contribution in [-0.4, -0.2) is 13.5 Å². The summed E-state index contributed by atoms with van der Waals surface area (Å²) >= 11 is 12.0. The van der Waals surface area contributed by atoms with Crippen molar-refractivity contribution in [3.05, 3.63) is 62.0 Å². The molecule has 0 spiro atoms. The van der Waals surface area contributed by atoms with E-state index in [4.69, 9.17) is 23.2 Å². The fourth-order valence-electron chi connectivity index (χ4n) is 3.01. The number of rotatable bonds is 3. The van der Waals surface area contributed by atoms with Gasteiger partial charge < -0.3 is 5.11 Å². The van der Waals surface area contributed by atoms with E-state index >= 15 is 0 Å². The lowest BCUT2D eigenvalue weighted by Gasteiger charge is -2.28. The van der Waals surface area contributed by atoms with Crippen molar-refractivity contribution >= 4 is 39.1 Å². The molecule has 0 atom stereocenters. The Morgan fingerprint density at radius 3 is 1.93 bits per heavy atom. The molecular weight excluding hydrogens is 441 g/mol. The van der Waals surface area contributed by atoms with Crippen LogP contribution in [0.4, 0.5) is 0 Å². The van der Waals surface area contributed by atoms with E-state index in [1.165, 1.54) is 24.3 Å². The van der Waals surface area contributed by atoms with Crippen molar-refractivity contribution < 1.29 is 13.5 Å². The third kappa shape index (κ3) is 5.00. The number of phenols is 1. The van der Waals surface area contributed by atoms with Crippen molar-refractivity contribution in [1.82, 2.24) is 0 Å². The highest BCUT2D eigenvalue weighted by atomic mass is 35.5. The first-order chi connectivity index (χ1) is 13.6.